The Bertz CT molecular complexity index is 173. The Balaban J connectivity index is 2.96. The van der Waals surface area contributed by atoms with Crippen molar-refractivity contribution < 1.29 is 19.0 Å². The molecule has 0 bridgehead atoms. The Morgan fingerprint density at radius 2 is 1.62 bits per heavy atom. The molecule has 0 aliphatic rings. The molecule has 0 aliphatic heterocycles. The molecule has 0 unspecified atom stereocenters. The summed E-state index contributed by atoms with van der Waals surface area (Å²) in [5.74, 6) is -0.0364. The largest absolute Gasteiger partial charge is 0.377 e. The molecule has 0 spiro atoms. The number of hydrogen-bond acceptors (Lipinski definition) is 4. The van der Waals surface area contributed by atoms with Crippen molar-refractivity contribution in [3.63, 3.8) is 0 Å². The highest BCUT2D eigenvalue weighted by Crippen LogP contribution is 1.87. The molecule has 0 rings (SSSR count). The van der Waals surface area contributed by atoms with E-state index in [9.17, 15) is 4.79 Å². The third-order valence-corrected chi connectivity index (χ3v) is 1.67. The van der Waals surface area contributed by atoms with Crippen molar-refractivity contribution in [3.05, 3.63) is 0 Å². The maximum atomic E-state index is 10.5. The van der Waals surface area contributed by atoms with Crippen LogP contribution in [0.1, 0.15) is 20.8 Å². The Morgan fingerprint density at radius 1 is 1.06 bits per heavy atom. The first-order chi connectivity index (χ1) is 7.63. The van der Waals surface area contributed by atoms with E-state index in [0.29, 0.717) is 39.6 Å². The highest BCUT2D eigenvalue weighted by atomic mass is 16.5. The number of hydrogen-bond donors (Lipinski definition) is 1. The number of rotatable bonds is 10. The SMILES string of the molecule is CC(=O)NCCOCCOCCOC(C)C. The van der Waals surface area contributed by atoms with Gasteiger partial charge in [-0.2, -0.15) is 0 Å². The van der Waals surface area contributed by atoms with Gasteiger partial charge in [-0.25, -0.2) is 0 Å². The van der Waals surface area contributed by atoms with Crippen LogP contribution >= 0.6 is 0 Å². The van der Waals surface area contributed by atoms with Gasteiger partial charge >= 0.3 is 0 Å². The first-order valence-electron chi connectivity index (χ1n) is 5.64. The van der Waals surface area contributed by atoms with Gasteiger partial charge in [0.2, 0.25) is 5.91 Å². The average Bonchev–Trinajstić information content (AvgIpc) is 2.20. The Labute approximate surface area is 97.4 Å². The zero-order valence-electron chi connectivity index (χ0n) is 10.5. The molecule has 0 heterocycles. The highest BCUT2D eigenvalue weighted by Gasteiger charge is 1.94. The minimum Gasteiger partial charge on any atom is -0.377 e. The van der Waals surface area contributed by atoms with E-state index in [2.05, 4.69) is 5.32 Å². The maximum Gasteiger partial charge on any atom is 0.216 e. The second kappa shape index (κ2) is 10.9. The molecule has 0 saturated carbocycles. The van der Waals surface area contributed by atoms with E-state index in [1.54, 1.807) is 0 Å². The second-order valence-corrected chi connectivity index (χ2v) is 3.63. The molecule has 5 nitrogen and oxygen atoms in total. The van der Waals surface area contributed by atoms with E-state index < -0.39 is 0 Å². The first-order valence-corrected chi connectivity index (χ1v) is 5.64. The smallest absolute Gasteiger partial charge is 0.216 e. The summed E-state index contributed by atoms with van der Waals surface area (Å²) in [4.78, 5) is 10.5. The van der Waals surface area contributed by atoms with Crippen molar-refractivity contribution in [2.45, 2.75) is 26.9 Å². The van der Waals surface area contributed by atoms with Crippen LogP contribution in [-0.2, 0) is 19.0 Å². The van der Waals surface area contributed by atoms with E-state index in [1.807, 2.05) is 13.8 Å². The molecule has 0 atom stereocenters. The summed E-state index contributed by atoms with van der Waals surface area (Å²) in [5.41, 5.74) is 0. The van der Waals surface area contributed by atoms with Crippen LogP contribution in [0.4, 0.5) is 0 Å². The summed E-state index contributed by atoms with van der Waals surface area (Å²) in [5, 5.41) is 2.64. The standard InChI is InChI=1S/C11H23NO4/c1-10(2)16-9-8-15-7-6-14-5-4-12-11(3)13/h10H,4-9H2,1-3H3,(H,12,13). The van der Waals surface area contributed by atoms with E-state index >= 15 is 0 Å². The Hall–Kier alpha value is -0.650. The summed E-state index contributed by atoms with van der Waals surface area (Å²) in [6, 6.07) is 0. The monoisotopic (exact) mass is 233 g/mol. The normalized spacial score (nSPS) is 10.8. The third kappa shape index (κ3) is 13.4. The van der Waals surface area contributed by atoms with Crippen LogP contribution in [-0.4, -0.2) is 51.6 Å². The third-order valence-electron chi connectivity index (χ3n) is 1.67. The summed E-state index contributed by atoms with van der Waals surface area (Å²) in [6.45, 7) is 8.84. The van der Waals surface area contributed by atoms with E-state index in [1.165, 1.54) is 6.92 Å². The molecule has 0 aromatic carbocycles. The van der Waals surface area contributed by atoms with Gasteiger partial charge in [0, 0.05) is 13.5 Å². The molecule has 96 valence electrons. The summed E-state index contributed by atoms with van der Waals surface area (Å²) in [7, 11) is 0. The molecule has 1 amide bonds. The lowest BCUT2D eigenvalue weighted by Crippen LogP contribution is -2.25. The van der Waals surface area contributed by atoms with Crippen molar-refractivity contribution in [2.24, 2.45) is 0 Å². The van der Waals surface area contributed by atoms with Gasteiger partial charge in [0.1, 0.15) is 0 Å². The summed E-state index contributed by atoms with van der Waals surface area (Å²) in [6.07, 6.45) is 0.248. The fourth-order valence-corrected chi connectivity index (χ4v) is 0.964. The van der Waals surface area contributed by atoms with Gasteiger partial charge < -0.3 is 19.5 Å². The molecule has 0 saturated heterocycles. The predicted molar refractivity (Wildman–Crippen MR) is 61.4 cm³/mol. The molecule has 0 aromatic heterocycles. The van der Waals surface area contributed by atoms with Crippen LogP contribution in [0.15, 0.2) is 0 Å². The minimum atomic E-state index is -0.0364. The van der Waals surface area contributed by atoms with Gasteiger partial charge in [-0.3, -0.25) is 4.79 Å². The predicted octanol–water partition coefficient (Wildman–Crippen LogP) is 0.581. The second-order valence-electron chi connectivity index (χ2n) is 3.63. The molecule has 0 fully saturated rings. The Kier molecular flexibility index (Phi) is 10.4. The zero-order valence-corrected chi connectivity index (χ0v) is 10.5. The van der Waals surface area contributed by atoms with Crippen molar-refractivity contribution in [3.8, 4) is 0 Å². The number of amides is 1. The highest BCUT2D eigenvalue weighted by molar-refractivity contribution is 5.72. The summed E-state index contributed by atoms with van der Waals surface area (Å²) >= 11 is 0. The molecule has 0 aromatic rings. The van der Waals surface area contributed by atoms with Gasteiger partial charge in [0.05, 0.1) is 39.1 Å². The van der Waals surface area contributed by atoms with Gasteiger partial charge in [-0.1, -0.05) is 0 Å². The quantitative estimate of drug-likeness (QED) is 0.561. The topological polar surface area (TPSA) is 56.8 Å². The fraction of sp³-hybridized carbons (Fsp3) is 0.909. The maximum absolute atomic E-state index is 10.5. The number of carbonyl (C=O) groups excluding carboxylic acids is 1. The zero-order chi connectivity index (χ0) is 12.2. The van der Waals surface area contributed by atoms with Crippen LogP contribution in [0.5, 0.6) is 0 Å². The number of nitrogens with one attached hydrogen (secondary N) is 1. The van der Waals surface area contributed by atoms with E-state index in [0.717, 1.165) is 0 Å². The molecule has 16 heavy (non-hydrogen) atoms. The van der Waals surface area contributed by atoms with E-state index in [-0.39, 0.29) is 12.0 Å². The number of carbonyl (C=O) groups is 1. The number of ether oxygens (including phenoxy) is 3. The van der Waals surface area contributed by atoms with Crippen LogP contribution in [0.25, 0.3) is 0 Å². The minimum absolute atomic E-state index is 0.0364. The lowest BCUT2D eigenvalue weighted by atomic mass is 10.5. The van der Waals surface area contributed by atoms with Crippen molar-refractivity contribution in [2.75, 3.05) is 39.6 Å². The van der Waals surface area contributed by atoms with Gasteiger partial charge in [-0.15, -0.1) is 0 Å². The van der Waals surface area contributed by atoms with Crippen molar-refractivity contribution in [1.82, 2.24) is 5.32 Å². The molecule has 0 radical (unpaired) electrons. The average molecular weight is 233 g/mol. The molecule has 5 heteroatoms. The lowest BCUT2D eigenvalue weighted by molar-refractivity contribution is -0.119. The molecular weight excluding hydrogens is 210 g/mol. The molecule has 1 N–H and O–H groups in total. The van der Waals surface area contributed by atoms with Gasteiger partial charge in [0.25, 0.3) is 0 Å². The van der Waals surface area contributed by atoms with Crippen molar-refractivity contribution in [1.29, 1.82) is 0 Å². The Morgan fingerprint density at radius 3 is 2.19 bits per heavy atom. The van der Waals surface area contributed by atoms with Crippen LogP contribution in [0, 0.1) is 0 Å². The van der Waals surface area contributed by atoms with E-state index in [4.69, 9.17) is 14.2 Å². The van der Waals surface area contributed by atoms with Crippen LogP contribution in [0.2, 0.25) is 0 Å². The molecule has 0 aliphatic carbocycles. The summed E-state index contributed by atoms with van der Waals surface area (Å²) < 4.78 is 15.8. The van der Waals surface area contributed by atoms with Crippen molar-refractivity contribution >= 4 is 5.91 Å². The lowest BCUT2D eigenvalue weighted by Gasteiger charge is -2.08. The first kappa shape index (κ1) is 15.3. The van der Waals surface area contributed by atoms with Crippen LogP contribution < -0.4 is 5.32 Å². The van der Waals surface area contributed by atoms with Gasteiger partial charge in [-0.05, 0) is 13.8 Å². The fourth-order valence-electron chi connectivity index (χ4n) is 0.964. The van der Waals surface area contributed by atoms with Crippen LogP contribution in [0.3, 0.4) is 0 Å². The molecular formula is C11H23NO4. The van der Waals surface area contributed by atoms with Gasteiger partial charge in [0.15, 0.2) is 0 Å².